The zero-order valence-corrected chi connectivity index (χ0v) is 19.0. The molecule has 2 aliphatic heterocycles. The summed E-state index contributed by atoms with van der Waals surface area (Å²) in [6, 6.07) is 13.6. The van der Waals surface area contributed by atoms with Gasteiger partial charge < -0.3 is 10.1 Å². The molecule has 1 fully saturated rings. The van der Waals surface area contributed by atoms with Crippen molar-refractivity contribution >= 4 is 11.6 Å². The van der Waals surface area contributed by atoms with Gasteiger partial charge in [-0.25, -0.2) is 4.39 Å². The van der Waals surface area contributed by atoms with Crippen LogP contribution in [0, 0.1) is 0 Å². The molecule has 2 aromatic rings. The van der Waals surface area contributed by atoms with Crippen molar-refractivity contribution in [2.45, 2.75) is 70.1 Å². The fourth-order valence-corrected chi connectivity index (χ4v) is 5.04. The van der Waals surface area contributed by atoms with E-state index in [0.29, 0.717) is 49.1 Å². The number of benzene rings is 2. The van der Waals surface area contributed by atoms with Gasteiger partial charge in [0.15, 0.2) is 11.6 Å². The normalized spacial score (nSPS) is 24.6. The van der Waals surface area contributed by atoms with Gasteiger partial charge in [-0.1, -0.05) is 37.3 Å². The molecule has 4 nitrogen and oxygen atoms in total. The van der Waals surface area contributed by atoms with Crippen LogP contribution in [-0.2, 0) is 0 Å². The maximum atomic E-state index is 14.9. The van der Waals surface area contributed by atoms with Crippen molar-refractivity contribution in [2.75, 3.05) is 13.1 Å². The lowest BCUT2D eigenvalue weighted by Crippen LogP contribution is -2.42. The van der Waals surface area contributed by atoms with Crippen LogP contribution in [0.5, 0.6) is 5.75 Å². The molecule has 4 rings (SSSR count). The fourth-order valence-electron chi connectivity index (χ4n) is 5.04. The Morgan fingerprint density at radius 3 is 2.66 bits per heavy atom. The molecule has 2 aromatic carbocycles. The lowest BCUT2D eigenvalue weighted by Gasteiger charge is -2.30. The summed E-state index contributed by atoms with van der Waals surface area (Å²) in [7, 11) is 0. The standard InChI is InChI=1S/C27H32FNO3/c1-3-23(30)21-15-20(24(31)11-7-12-27(28)13-8-14-29-17-27)16-22-25(18(2)32-26(21)22)19-9-5-4-6-10-19/h4-6,9-10,15-16,18,25,29H,3,7-8,11-14,17H2,1-2H3/t18-,25+,27+/m1/s1. The van der Waals surface area contributed by atoms with Gasteiger partial charge in [-0.3, -0.25) is 9.59 Å². The van der Waals surface area contributed by atoms with E-state index in [-0.39, 0.29) is 30.0 Å². The minimum atomic E-state index is -1.22. The smallest absolute Gasteiger partial charge is 0.166 e. The van der Waals surface area contributed by atoms with Crippen LogP contribution in [0.4, 0.5) is 4.39 Å². The average molecular weight is 438 g/mol. The van der Waals surface area contributed by atoms with Crippen LogP contribution in [0.25, 0.3) is 0 Å². The highest BCUT2D eigenvalue weighted by atomic mass is 19.1. The Kier molecular flexibility index (Phi) is 6.75. The van der Waals surface area contributed by atoms with Gasteiger partial charge in [0.05, 0.1) is 5.56 Å². The number of alkyl halides is 1. The summed E-state index contributed by atoms with van der Waals surface area (Å²) >= 11 is 0. The molecular formula is C27H32FNO3. The summed E-state index contributed by atoms with van der Waals surface area (Å²) in [5.41, 5.74) is 1.78. The highest BCUT2D eigenvalue weighted by molar-refractivity contribution is 6.04. The number of ether oxygens (including phenoxy) is 1. The molecule has 0 spiro atoms. The maximum Gasteiger partial charge on any atom is 0.166 e. The molecule has 1 N–H and O–H groups in total. The molecule has 2 aliphatic rings. The van der Waals surface area contributed by atoms with Crippen LogP contribution in [0.1, 0.15) is 90.1 Å². The Balaban J connectivity index is 1.59. The summed E-state index contributed by atoms with van der Waals surface area (Å²) in [5, 5.41) is 3.11. The lowest BCUT2D eigenvalue weighted by atomic mass is 9.85. The van der Waals surface area contributed by atoms with Gasteiger partial charge in [0.25, 0.3) is 0 Å². The Morgan fingerprint density at radius 1 is 1.19 bits per heavy atom. The van der Waals surface area contributed by atoms with E-state index in [2.05, 4.69) is 5.32 Å². The van der Waals surface area contributed by atoms with Crippen molar-refractivity contribution < 1.29 is 18.7 Å². The van der Waals surface area contributed by atoms with E-state index in [4.69, 9.17) is 4.74 Å². The Bertz CT molecular complexity index is 982. The molecule has 0 radical (unpaired) electrons. The third-order valence-corrected chi connectivity index (χ3v) is 6.78. The van der Waals surface area contributed by atoms with Gasteiger partial charge in [0.2, 0.25) is 0 Å². The van der Waals surface area contributed by atoms with Crippen molar-refractivity contribution in [2.24, 2.45) is 0 Å². The Hall–Kier alpha value is -2.53. The van der Waals surface area contributed by atoms with E-state index < -0.39 is 5.67 Å². The van der Waals surface area contributed by atoms with E-state index in [1.807, 2.05) is 50.2 Å². The number of fused-ring (bicyclic) bond motifs is 1. The molecule has 2 heterocycles. The van der Waals surface area contributed by atoms with Crippen molar-refractivity contribution in [1.29, 1.82) is 0 Å². The van der Waals surface area contributed by atoms with Crippen molar-refractivity contribution in [3.8, 4) is 5.75 Å². The van der Waals surface area contributed by atoms with Gasteiger partial charge in [-0.15, -0.1) is 0 Å². The first kappa shape index (κ1) is 22.7. The molecule has 32 heavy (non-hydrogen) atoms. The van der Waals surface area contributed by atoms with Gasteiger partial charge in [-0.2, -0.15) is 0 Å². The zero-order valence-electron chi connectivity index (χ0n) is 19.0. The second-order valence-corrected chi connectivity index (χ2v) is 9.14. The summed E-state index contributed by atoms with van der Waals surface area (Å²) in [6.07, 6.45) is 2.75. The highest BCUT2D eigenvalue weighted by Gasteiger charge is 2.36. The molecule has 0 amide bonds. The SMILES string of the molecule is CCC(=O)c1cc(C(=O)CCC[C@]2(F)CCCNC2)cc2c1O[C@H](C)[C@H]2c1ccccc1. The summed E-state index contributed by atoms with van der Waals surface area (Å²) < 4.78 is 21.0. The van der Waals surface area contributed by atoms with Crippen molar-refractivity contribution in [3.63, 3.8) is 0 Å². The van der Waals surface area contributed by atoms with E-state index in [9.17, 15) is 14.0 Å². The van der Waals surface area contributed by atoms with Crippen LogP contribution >= 0.6 is 0 Å². The molecule has 3 atom stereocenters. The molecule has 0 saturated carbocycles. The summed E-state index contributed by atoms with van der Waals surface area (Å²) in [6.45, 7) is 5.04. The average Bonchev–Trinajstić information content (AvgIpc) is 3.14. The highest BCUT2D eigenvalue weighted by Crippen LogP contribution is 2.45. The van der Waals surface area contributed by atoms with Crippen LogP contribution < -0.4 is 10.1 Å². The predicted molar refractivity (Wildman–Crippen MR) is 124 cm³/mol. The Labute approximate surface area is 189 Å². The number of hydrogen-bond acceptors (Lipinski definition) is 4. The molecule has 0 bridgehead atoms. The number of halogens is 1. The number of Topliss-reactive ketones (excluding diaryl/α,β-unsaturated/α-hetero) is 2. The number of ketones is 2. The first-order chi connectivity index (χ1) is 15.4. The molecule has 0 unspecified atom stereocenters. The number of rotatable bonds is 8. The van der Waals surface area contributed by atoms with Crippen LogP contribution in [-0.4, -0.2) is 36.4 Å². The van der Waals surface area contributed by atoms with E-state index >= 15 is 0 Å². The summed E-state index contributed by atoms with van der Waals surface area (Å²) in [5.74, 6) is 0.486. The molecule has 5 heteroatoms. The second kappa shape index (κ2) is 9.53. The first-order valence-corrected chi connectivity index (χ1v) is 11.8. The van der Waals surface area contributed by atoms with E-state index in [1.165, 1.54) is 0 Å². The number of carbonyl (C=O) groups excluding carboxylic acids is 2. The number of piperidine rings is 1. The number of carbonyl (C=O) groups is 2. The fraction of sp³-hybridized carbons (Fsp3) is 0.481. The Morgan fingerprint density at radius 2 is 1.97 bits per heavy atom. The van der Waals surface area contributed by atoms with Gasteiger partial charge in [0, 0.05) is 36.4 Å². The molecule has 0 aromatic heterocycles. The predicted octanol–water partition coefficient (Wildman–Crippen LogP) is 5.64. The minimum Gasteiger partial charge on any atom is -0.489 e. The number of nitrogens with one attached hydrogen (secondary N) is 1. The van der Waals surface area contributed by atoms with Crippen molar-refractivity contribution in [1.82, 2.24) is 5.32 Å². The maximum absolute atomic E-state index is 14.9. The largest absolute Gasteiger partial charge is 0.489 e. The lowest BCUT2D eigenvalue weighted by molar-refractivity contribution is 0.0925. The second-order valence-electron chi connectivity index (χ2n) is 9.14. The number of hydrogen-bond donors (Lipinski definition) is 1. The quantitative estimate of drug-likeness (QED) is 0.543. The topological polar surface area (TPSA) is 55.4 Å². The van der Waals surface area contributed by atoms with Crippen LogP contribution in [0.15, 0.2) is 42.5 Å². The minimum absolute atomic E-state index is 0.0344. The van der Waals surface area contributed by atoms with Gasteiger partial charge in [-0.05, 0) is 56.8 Å². The first-order valence-electron chi connectivity index (χ1n) is 11.8. The monoisotopic (exact) mass is 437 g/mol. The zero-order chi connectivity index (χ0) is 22.7. The molecule has 0 aliphatic carbocycles. The van der Waals surface area contributed by atoms with Crippen LogP contribution in [0.3, 0.4) is 0 Å². The van der Waals surface area contributed by atoms with Crippen LogP contribution in [0.2, 0.25) is 0 Å². The third kappa shape index (κ3) is 4.63. The van der Waals surface area contributed by atoms with E-state index in [0.717, 1.165) is 24.1 Å². The van der Waals surface area contributed by atoms with E-state index in [1.54, 1.807) is 6.07 Å². The third-order valence-electron chi connectivity index (χ3n) is 6.78. The van der Waals surface area contributed by atoms with Crippen molar-refractivity contribution in [3.05, 3.63) is 64.7 Å². The molecule has 1 saturated heterocycles. The van der Waals surface area contributed by atoms with Gasteiger partial charge in [0.1, 0.15) is 17.5 Å². The summed E-state index contributed by atoms with van der Waals surface area (Å²) in [4.78, 5) is 25.8. The molecular weight excluding hydrogens is 405 g/mol. The van der Waals surface area contributed by atoms with Gasteiger partial charge >= 0.3 is 0 Å². The molecule has 170 valence electrons.